The molecule has 1 aliphatic carbocycles. The summed E-state index contributed by atoms with van der Waals surface area (Å²) in [4.78, 5) is 28.0. The molecule has 6 nitrogen and oxygen atoms in total. The molecule has 1 aliphatic rings. The van der Waals surface area contributed by atoms with Gasteiger partial charge in [-0.2, -0.15) is 0 Å². The van der Waals surface area contributed by atoms with Crippen LogP contribution in [0, 0.1) is 11.7 Å². The van der Waals surface area contributed by atoms with Crippen LogP contribution in [0.15, 0.2) is 23.6 Å². The third-order valence-electron chi connectivity index (χ3n) is 4.87. The number of aromatic nitrogens is 1. The van der Waals surface area contributed by atoms with Crippen molar-refractivity contribution >= 4 is 34.0 Å². The van der Waals surface area contributed by atoms with Gasteiger partial charge in [0.25, 0.3) is 0 Å². The van der Waals surface area contributed by atoms with Crippen molar-refractivity contribution in [2.75, 3.05) is 10.6 Å². The van der Waals surface area contributed by atoms with Crippen molar-refractivity contribution in [3.63, 3.8) is 0 Å². The first-order chi connectivity index (χ1) is 12.8. The van der Waals surface area contributed by atoms with Gasteiger partial charge >= 0.3 is 0 Å². The normalized spacial score (nSPS) is 22.3. The minimum absolute atomic E-state index is 0.137. The van der Waals surface area contributed by atoms with E-state index in [-0.39, 0.29) is 17.7 Å². The summed E-state index contributed by atoms with van der Waals surface area (Å²) < 4.78 is 14.4. The van der Waals surface area contributed by atoms with Gasteiger partial charge in [-0.05, 0) is 38.0 Å². The number of nitrogens with one attached hydrogen (secondary N) is 2. The third-order valence-corrected chi connectivity index (χ3v) is 5.63. The minimum atomic E-state index is -0.520. The molecule has 4 N–H and O–H groups in total. The number of anilines is 2. The number of benzene rings is 1. The maximum atomic E-state index is 14.4. The predicted octanol–water partition coefficient (Wildman–Crippen LogP) is 3.75. The van der Waals surface area contributed by atoms with Crippen LogP contribution in [0.5, 0.6) is 0 Å². The highest BCUT2D eigenvalue weighted by molar-refractivity contribution is 7.14. The molecule has 2 atom stereocenters. The second-order valence-corrected chi connectivity index (χ2v) is 8.07. The van der Waals surface area contributed by atoms with Crippen LogP contribution in [-0.2, 0) is 9.59 Å². The topological polar surface area (TPSA) is 97.1 Å². The number of nitrogens with zero attached hydrogens (tertiary/aromatic N) is 1. The zero-order chi connectivity index (χ0) is 19.6. The zero-order valence-electron chi connectivity index (χ0n) is 15.3. The van der Waals surface area contributed by atoms with Gasteiger partial charge in [-0.15, -0.1) is 11.3 Å². The van der Waals surface area contributed by atoms with Crippen molar-refractivity contribution in [3.8, 4) is 11.3 Å². The molecule has 2 amide bonds. The summed E-state index contributed by atoms with van der Waals surface area (Å²) in [6.07, 6.45) is 3.60. The number of nitrogens with two attached hydrogens (primary N) is 1. The molecule has 27 heavy (non-hydrogen) atoms. The number of thiazole rings is 1. The van der Waals surface area contributed by atoms with E-state index in [2.05, 4.69) is 15.6 Å². The van der Waals surface area contributed by atoms with E-state index in [1.54, 1.807) is 17.5 Å². The lowest BCUT2D eigenvalue weighted by Crippen LogP contribution is -2.51. The van der Waals surface area contributed by atoms with Crippen molar-refractivity contribution in [2.45, 2.75) is 45.1 Å². The van der Waals surface area contributed by atoms with E-state index >= 15 is 0 Å². The fourth-order valence-corrected chi connectivity index (χ4v) is 4.15. The number of amides is 2. The Hall–Kier alpha value is -2.32. The van der Waals surface area contributed by atoms with E-state index in [4.69, 9.17) is 5.73 Å². The largest absolute Gasteiger partial charge is 0.326 e. The number of hydrogen-bond acceptors (Lipinski definition) is 5. The Labute approximate surface area is 161 Å². The van der Waals surface area contributed by atoms with Crippen LogP contribution in [-0.4, -0.2) is 22.3 Å². The van der Waals surface area contributed by atoms with Gasteiger partial charge < -0.3 is 16.4 Å². The van der Waals surface area contributed by atoms with Crippen LogP contribution in [0.4, 0.5) is 15.2 Å². The maximum absolute atomic E-state index is 14.4. The first-order valence-electron chi connectivity index (χ1n) is 8.89. The van der Waals surface area contributed by atoms with Crippen molar-refractivity contribution in [1.29, 1.82) is 0 Å². The van der Waals surface area contributed by atoms with E-state index in [0.29, 0.717) is 22.1 Å². The Morgan fingerprint density at radius 1 is 1.33 bits per heavy atom. The third kappa shape index (κ3) is 4.51. The Balaban J connectivity index is 1.73. The summed E-state index contributed by atoms with van der Waals surface area (Å²) in [5, 5.41) is 7.46. The molecule has 1 heterocycles. The highest BCUT2D eigenvalue weighted by Crippen LogP contribution is 2.33. The van der Waals surface area contributed by atoms with Crippen molar-refractivity contribution in [2.24, 2.45) is 11.7 Å². The van der Waals surface area contributed by atoms with Crippen LogP contribution in [0.2, 0.25) is 0 Å². The van der Waals surface area contributed by atoms with Crippen LogP contribution < -0.4 is 16.4 Å². The Morgan fingerprint density at radius 3 is 2.78 bits per heavy atom. The summed E-state index contributed by atoms with van der Waals surface area (Å²) in [5.41, 5.74) is 6.89. The second kappa shape index (κ2) is 7.74. The number of carbonyl (C=O) groups excluding carboxylic acids is 2. The Bertz CT molecular complexity index is 865. The van der Waals surface area contributed by atoms with E-state index in [1.807, 2.05) is 6.92 Å². The van der Waals surface area contributed by atoms with Gasteiger partial charge in [0, 0.05) is 29.1 Å². The highest BCUT2D eigenvalue weighted by Gasteiger charge is 2.38. The van der Waals surface area contributed by atoms with Gasteiger partial charge in [-0.1, -0.05) is 12.8 Å². The molecule has 0 aliphatic heterocycles. The van der Waals surface area contributed by atoms with Gasteiger partial charge in [0.2, 0.25) is 11.8 Å². The number of halogens is 1. The molecule has 1 saturated carbocycles. The van der Waals surface area contributed by atoms with Gasteiger partial charge in [-0.25, -0.2) is 9.37 Å². The molecule has 0 radical (unpaired) electrons. The van der Waals surface area contributed by atoms with E-state index in [1.165, 1.54) is 24.3 Å². The molecule has 144 valence electrons. The zero-order valence-corrected chi connectivity index (χ0v) is 16.2. The average molecular weight is 390 g/mol. The number of hydrogen-bond donors (Lipinski definition) is 3. The van der Waals surface area contributed by atoms with Crippen LogP contribution in [0.25, 0.3) is 11.3 Å². The van der Waals surface area contributed by atoms with Crippen LogP contribution in [0.3, 0.4) is 0 Å². The van der Waals surface area contributed by atoms with Gasteiger partial charge in [0.05, 0.1) is 11.6 Å². The molecule has 1 aromatic carbocycles. The average Bonchev–Trinajstić information content (AvgIpc) is 3.02. The molecule has 8 heteroatoms. The maximum Gasteiger partial charge on any atom is 0.231 e. The molecule has 0 saturated heterocycles. The molecular formula is C19H23FN4O2S. The molecule has 1 fully saturated rings. The standard InChI is InChI=1S/C19H23FN4O2S/c1-11(25)22-12-6-7-13(15(20)9-12)16-10-27-18(23-16)24-17(26)14-5-3-4-8-19(14,2)21/h6-7,9-10,14H,3-5,8,21H2,1-2H3,(H,22,25)(H,23,24,26). The SMILES string of the molecule is CC(=O)Nc1ccc(-c2csc(NC(=O)C3CCCCC3(C)N)n2)c(F)c1. The van der Waals surface area contributed by atoms with Crippen LogP contribution >= 0.6 is 11.3 Å². The van der Waals surface area contributed by atoms with E-state index in [0.717, 1.165) is 25.7 Å². The van der Waals surface area contributed by atoms with Crippen molar-refractivity contribution in [3.05, 3.63) is 29.4 Å². The first-order valence-corrected chi connectivity index (χ1v) is 9.77. The lowest BCUT2D eigenvalue weighted by Gasteiger charge is -2.36. The molecule has 0 bridgehead atoms. The summed E-state index contributed by atoms with van der Waals surface area (Å²) >= 11 is 1.24. The van der Waals surface area contributed by atoms with E-state index < -0.39 is 11.4 Å². The smallest absolute Gasteiger partial charge is 0.231 e. The summed E-state index contributed by atoms with van der Waals surface area (Å²) in [6, 6.07) is 4.41. The Kier molecular flexibility index (Phi) is 5.57. The fourth-order valence-electron chi connectivity index (χ4n) is 3.44. The second-order valence-electron chi connectivity index (χ2n) is 7.21. The molecular weight excluding hydrogens is 367 g/mol. The molecule has 2 aromatic rings. The van der Waals surface area contributed by atoms with Crippen molar-refractivity contribution in [1.82, 2.24) is 4.98 Å². The Morgan fingerprint density at radius 2 is 2.11 bits per heavy atom. The van der Waals surface area contributed by atoms with Crippen LogP contribution in [0.1, 0.15) is 39.5 Å². The number of rotatable bonds is 4. The minimum Gasteiger partial charge on any atom is -0.326 e. The van der Waals surface area contributed by atoms with Gasteiger partial charge in [0.15, 0.2) is 5.13 Å². The quantitative estimate of drug-likeness (QED) is 0.740. The fraction of sp³-hybridized carbons (Fsp3) is 0.421. The van der Waals surface area contributed by atoms with E-state index in [9.17, 15) is 14.0 Å². The highest BCUT2D eigenvalue weighted by atomic mass is 32.1. The summed E-state index contributed by atoms with van der Waals surface area (Å²) in [6.45, 7) is 3.27. The molecule has 2 unspecified atom stereocenters. The monoisotopic (exact) mass is 390 g/mol. The molecule has 1 aromatic heterocycles. The first kappa shape index (κ1) is 19.4. The predicted molar refractivity (Wildman–Crippen MR) is 105 cm³/mol. The summed E-state index contributed by atoms with van der Waals surface area (Å²) in [5.74, 6) is -1.16. The lowest BCUT2D eigenvalue weighted by molar-refractivity contribution is -0.122. The molecule has 0 spiro atoms. The number of carbonyl (C=O) groups is 2. The summed E-state index contributed by atoms with van der Waals surface area (Å²) in [7, 11) is 0. The van der Waals surface area contributed by atoms with Crippen molar-refractivity contribution < 1.29 is 14.0 Å². The van der Waals surface area contributed by atoms with Gasteiger partial charge in [0.1, 0.15) is 5.82 Å². The lowest BCUT2D eigenvalue weighted by atomic mass is 9.74. The van der Waals surface area contributed by atoms with Gasteiger partial charge in [-0.3, -0.25) is 9.59 Å². The molecule has 3 rings (SSSR count).